The van der Waals surface area contributed by atoms with Crippen LogP contribution in [0.1, 0.15) is 54.3 Å². The van der Waals surface area contributed by atoms with E-state index < -0.39 is 18.0 Å². The van der Waals surface area contributed by atoms with E-state index in [1.807, 2.05) is 59.2 Å². The largest absolute Gasteiger partial charge is 0.478 e. The Morgan fingerprint density at radius 3 is 2.40 bits per heavy atom. The van der Waals surface area contributed by atoms with Crippen LogP contribution >= 0.6 is 15.9 Å². The molecule has 0 saturated carbocycles. The second-order valence-electron chi connectivity index (χ2n) is 10.1. The molecule has 1 aliphatic rings. The molecule has 1 atom stereocenters. The zero-order valence-electron chi connectivity index (χ0n) is 24.4. The first-order chi connectivity index (χ1) is 20.6. The Balaban J connectivity index is 1.38. The lowest BCUT2D eigenvalue weighted by molar-refractivity contribution is -0.139. The van der Waals surface area contributed by atoms with Crippen LogP contribution in [0.5, 0.6) is 0 Å². The first-order valence-electron chi connectivity index (χ1n) is 14.1. The van der Waals surface area contributed by atoms with E-state index in [4.69, 9.17) is 4.74 Å². The summed E-state index contributed by atoms with van der Waals surface area (Å²) in [6.07, 6.45) is 0.537. The van der Waals surface area contributed by atoms with Gasteiger partial charge in [-0.2, -0.15) is 0 Å². The zero-order valence-corrected chi connectivity index (χ0v) is 25.9. The lowest BCUT2D eigenvalue weighted by Gasteiger charge is -2.35. The van der Waals surface area contributed by atoms with Crippen LogP contribution in [0, 0.1) is 6.92 Å². The molecule has 226 valence electrons. The van der Waals surface area contributed by atoms with Gasteiger partial charge in [0.15, 0.2) is 0 Å². The number of carboxylic acids is 1. The minimum Gasteiger partial charge on any atom is -0.478 e. The number of carbonyl (C=O) groups is 4. The van der Waals surface area contributed by atoms with Gasteiger partial charge in [0.2, 0.25) is 5.91 Å². The Kier molecular flexibility index (Phi) is 10.4. The van der Waals surface area contributed by atoms with Gasteiger partial charge >= 0.3 is 18.0 Å². The number of aromatic nitrogens is 1. The van der Waals surface area contributed by atoms with E-state index in [0.29, 0.717) is 36.5 Å². The van der Waals surface area contributed by atoms with E-state index in [-0.39, 0.29) is 37.1 Å². The molecule has 10 nitrogen and oxygen atoms in total. The molecule has 0 saturated heterocycles. The number of hydrogen-bond donors (Lipinski definition) is 3. The lowest BCUT2D eigenvalue weighted by Crippen LogP contribution is -2.48. The van der Waals surface area contributed by atoms with Gasteiger partial charge in [0.05, 0.1) is 23.8 Å². The third kappa shape index (κ3) is 7.34. The van der Waals surface area contributed by atoms with E-state index in [2.05, 4.69) is 26.6 Å². The van der Waals surface area contributed by atoms with Crippen LogP contribution < -0.4 is 10.6 Å². The molecular formula is C32H35BrN4O6. The number of benzene rings is 2. The van der Waals surface area contributed by atoms with Crippen molar-refractivity contribution in [3.8, 4) is 11.3 Å². The van der Waals surface area contributed by atoms with Gasteiger partial charge < -0.3 is 25.0 Å². The molecule has 0 bridgehead atoms. The molecule has 1 unspecified atom stereocenters. The van der Waals surface area contributed by atoms with Crippen LogP contribution in [0.4, 0.5) is 4.79 Å². The van der Waals surface area contributed by atoms with Crippen LogP contribution in [-0.2, 0) is 20.9 Å². The van der Waals surface area contributed by atoms with Gasteiger partial charge in [0, 0.05) is 47.6 Å². The summed E-state index contributed by atoms with van der Waals surface area (Å²) >= 11 is 3.41. The summed E-state index contributed by atoms with van der Waals surface area (Å²) in [6, 6.07) is 17.5. The summed E-state index contributed by atoms with van der Waals surface area (Å²) in [5, 5.41) is 15.4. The standard InChI is InChI=1S/C32H35BrN4O6/c1-4-43-31(41)28-21(3)37(32(42)35-29(28)23-12-14-24(33)15-13-23)17-8-11-27(38)34-16-18-36-20(2)25(30(39)40)19-26(36)22-9-6-5-7-10-22/h5-7,9-10,12-15,19,29H,4,8,11,16-18H2,1-3H3,(H,34,38)(H,35,42)(H,39,40). The van der Waals surface area contributed by atoms with Gasteiger partial charge in [0.25, 0.3) is 0 Å². The number of rotatable bonds is 12. The maximum atomic E-state index is 13.1. The molecule has 0 spiro atoms. The quantitative estimate of drug-likeness (QED) is 0.224. The molecule has 2 aromatic carbocycles. The Morgan fingerprint density at radius 1 is 1.05 bits per heavy atom. The Bertz CT molecular complexity index is 1530. The van der Waals surface area contributed by atoms with E-state index in [1.165, 1.54) is 4.90 Å². The van der Waals surface area contributed by atoms with Gasteiger partial charge in [-0.1, -0.05) is 58.4 Å². The second kappa shape index (κ2) is 14.2. The summed E-state index contributed by atoms with van der Waals surface area (Å²) in [7, 11) is 0. The van der Waals surface area contributed by atoms with E-state index in [1.54, 1.807) is 26.8 Å². The number of hydrogen-bond acceptors (Lipinski definition) is 5. The normalized spacial score (nSPS) is 14.8. The topological polar surface area (TPSA) is 130 Å². The molecule has 0 radical (unpaired) electrons. The first kappa shape index (κ1) is 31.6. The number of aromatic carboxylic acids is 1. The second-order valence-corrected chi connectivity index (χ2v) is 11.0. The smallest absolute Gasteiger partial charge is 0.338 e. The highest BCUT2D eigenvalue weighted by atomic mass is 79.9. The van der Waals surface area contributed by atoms with Crippen molar-refractivity contribution in [3.63, 3.8) is 0 Å². The van der Waals surface area contributed by atoms with Crippen molar-refractivity contribution in [2.24, 2.45) is 0 Å². The van der Waals surface area contributed by atoms with Crippen molar-refractivity contribution in [2.45, 2.75) is 46.2 Å². The van der Waals surface area contributed by atoms with Crippen LogP contribution in [0.3, 0.4) is 0 Å². The Hall–Kier alpha value is -4.38. The van der Waals surface area contributed by atoms with Crippen LogP contribution in [0.2, 0.25) is 0 Å². The van der Waals surface area contributed by atoms with Crippen LogP contribution in [0.25, 0.3) is 11.3 Å². The molecule has 3 N–H and O–H groups in total. The SMILES string of the molecule is CCOC(=O)C1=C(C)N(CCCC(=O)NCCn2c(-c3ccccc3)cc(C(=O)O)c2C)C(=O)NC1c1ccc(Br)cc1. The minimum absolute atomic E-state index is 0.165. The molecule has 1 aromatic heterocycles. The van der Waals surface area contributed by atoms with Crippen LogP contribution in [-0.4, -0.2) is 58.1 Å². The fourth-order valence-corrected chi connectivity index (χ4v) is 5.48. The average molecular weight is 652 g/mol. The molecular weight excluding hydrogens is 616 g/mol. The van der Waals surface area contributed by atoms with E-state index >= 15 is 0 Å². The summed E-state index contributed by atoms with van der Waals surface area (Å²) in [4.78, 5) is 51.9. The lowest BCUT2D eigenvalue weighted by atomic mass is 9.95. The van der Waals surface area contributed by atoms with Crippen molar-refractivity contribution in [3.05, 3.63) is 93.2 Å². The van der Waals surface area contributed by atoms with Gasteiger partial charge in [-0.25, -0.2) is 14.4 Å². The van der Waals surface area contributed by atoms with Gasteiger partial charge in [-0.15, -0.1) is 0 Å². The monoisotopic (exact) mass is 650 g/mol. The maximum absolute atomic E-state index is 13.1. The number of ether oxygens (including phenoxy) is 1. The number of allylic oxidation sites excluding steroid dienone is 1. The van der Waals surface area contributed by atoms with E-state index in [0.717, 1.165) is 21.3 Å². The van der Waals surface area contributed by atoms with Gasteiger partial charge in [0.1, 0.15) is 0 Å². The summed E-state index contributed by atoms with van der Waals surface area (Å²) < 4.78 is 8.08. The number of esters is 1. The molecule has 0 fully saturated rings. The highest BCUT2D eigenvalue weighted by Gasteiger charge is 2.36. The summed E-state index contributed by atoms with van der Waals surface area (Å²) in [6.45, 7) is 6.33. The number of urea groups is 1. The number of carbonyl (C=O) groups excluding carboxylic acids is 3. The third-order valence-corrected chi connectivity index (χ3v) is 7.93. The number of nitrogens with one attached hydrogen (secondary N) is 2. The fraction of sp³-hybridized carbons (Fsp3) is 0.312. The van der Waals surface area contributed by atoms with Crippen molar-refractivity contribution in [1.82, 2.24) is 20.1 Å². The number of amides is 3. The highest BCUT2D eigenvalue weighted by Crippen LogP contribution is 2.32. The predicted octanol–water partition coefficient (Wildman–Crippen LogP) is 5.42. The Morgan fingerprint density at radius 2 is 1.74 bits per heavy atom. The molecule has 3 amide bonds. The van der Waals surface area contributed by atoms with E-state index in [9.17, 15) is 24.3 Å². The third-order valence-electron chi connectivity index (χ3n) is 7.40. The zero-order chi connectivity index (χ0) is 31.1. The van der Waals surface area contributed by atoms with Crippen molar-refractivity contribution >= 4 is 39.8 Å². The molecule has 43 heavy (non-hydrogen) atoms. The van der Waals surface area contributed by atoms with Crippen molar-refractivity contribution < 1.29 is 29.0 Å². The maximum Gasteiger partial charge on any atom is 0.338 e. The summed E-state index contributed by atoms with van der Waals surface area (Å²) in [5.74, 6) is -1.70. The number of halogens is 1. The van der Waals surface area contributed by atoms with Crippen molar-refractivity contribution in [1.29, 1.82) is 0 Å². The molecule has 11 heteroatoms. The number of carboxylic acid groups (broad SMARTS) is 1. The van der Waals surface area contributed by atoms with Crippen molar-refractivity contribution in [2.75, 3.05) is 19.7 Å². The molecule has 0 aliphatic carbocycles. The van der Waals surface area contributed by atoms with Gasteiger partial charge in [-0.05, 0) is 56.5 Å². The fourth-order valence-electron chi connectivity index (χ4n) is 5.22. The molecule has 3 aromatic rings. The minimum atomic E-state index is -1.00. The first-order valence-corrected chi connectivity index (χ1v) is 14.9. The highest BCUT2D eigenvalue weighted by molar-refractivity contribution is 9.10. The number of nitrogens with zero attached hydrogens (tertiary/aromatic N) is 2. The predicted molar refractivity (Wildman–Crippen MR) is 165 cm³/mol. The van der Waals surface area contributed by atoms with Crippen LogP contribution in [0.15, 0.2) is 76.4 Å². The average Bonchev–Trinajstić information content (AvgIpc) is 3.31. The summed E-state index contributed by atoms with van der Waals surface area (Å²) in [5.41, 5.74) is 4.07. The molecule has 1 aliphatic heterocycles. The molecule has 2 heterocycles. The molecule has 4 rings (SSSR count). The Labute approximate surface area is 258 Å². The van der Waals surface area contributed by atoms with Gasteiger partial charge in [-0.3, -0.25) is 9.69 Å².